The molecule has 1 aromatic rings. The number of nitrogens with one attached hydrogen (secondary N) is 2. The topological polar surface area (TPSA) is 64.5 Å². The molecule has 0 aliphatic carbocycles. The zero-order valence-electron chi connectivity index (χ0n) is 8.20. The van der Waals surface area contributed by atoms with Crippen LogP contribution in [-0.2, 0) is 0 Å². The van der Waals surface area contributed by atoms with Crippen LogP contribution in [0, 0.1) is 0 Å². The number of para-hydroxylation sites is 2. The smallest absolute Gasteiger partial charge is 0.0942 e. The molecule has 0 saturated heterocycles. The molecule has 0 aliphatic rings. The van der Waals surface area contributed by atoms with Crippen molar-refractivity contribution in [1.82, 2.24) is 0 Å². The summed E-state index contributed by atoms with van der Waals surface area (Å²) in [7, 11) is 1.84. The van der Waals surface area contributed by atoms with Crippen LogP contribution in [0.15, 0.2) is 24.3 Å². The van der Waals surface area contributed by atoms with E-state index in [2.05, 4.69) is 10.6 Å². The first kappa shape index (κ1) is 10.8. The van der Waals surface area contributed by atoms with Gasteiger partial charge in [-0.3, -0.25) is 0 Å². The summed E-state index contributed by atoms with van der Waals surface area (Å²) in [5, 5.41) is 23.9. The average Bonchev–Trinajstić information content (AvgIpc) is 2.26. The SMILES string of the molecule is CNc1ccccc1NCC(O)CO. The minimum atomic E-state index is -0.722. The molecule has 0 amide bonds. The molecule has 0 spiro atoms. The van der Waals surface area contributed by atoms with E-state index in [1.54, 1.807) is 0 Å². The maximum Gasteiger partial charge on any atom is 0.0942 e. The number of benzene rings is 1. The summed E-state index contributed by atoms with van der Waals surface area (Å²) >= 11 is 0. The maximum atomic E-state index is 9.15. The number of hydrogen-bond donors (Lipinski definition) is 4. The molecule has 14 heavy (non-hydrogen) atoms. The van der Waals surface area contributed by atoms with E-state index in [0.29, 0.717) is 6.54 Å². The molecule has 0 saturated carbocycles. The Morgan fingerprint density at radius 3 is 2.50 bits per heavy atom. The lowest BCUT2D eigenvalue weighted by atomic mass is 10.2. The van der Waals surface area contributed by atoms with Crippen LogP contribution in [0.1, 0.15) is 0 Å². The molecule has 0 bridgehead atoms. The van der Waals surface area contributed by atoms with E-state index in [0.717, 1.165) is 11.4 Å². The van der Waals surface area contributed by atoms with Crippen LogP contribution < -0.4 is 10.6 Å². The molecule has 0 radical (unpaired) electrons. The van der Waals surface area contributed by atoms with Gasteiger partial charge in [0.1, 0.15) is 0 Å². The summed E-state index contributed by atoms with van der Waals surface area (Å²) in [6, 6.07) is 7.69. The van der Waals surface area contributed by atoms with Gasteiger partial charge in [-0.15, -0.1) is 0 Å². The highest BCUT2D eigenvalue weighted by molar-refractivity contribution is 5.68. The Kier molecular flexibility index (Phi) is 4.22. The fourth-order valence-electron chi connectivity index (χ4n) is 1.15. The molecule has 0 aromatic heterocycles. The van der Waals surface area contributed by atoms with Gasteiger partial charge >= 0.3 is 0 Å². The van der Waals surface area contributed by atoms with Crippen molar-refractivity contribution in [2.24, 2.45) is 0 Å². The molecule has 1 rings (SSSR count). The summed E-state index contributed by atoms with van der Waals surface area (Å²) in [6.07, 6.45) is -0.722. The van der Waals surface area contributed by atoms with E-state index in [4.69, 9.17) is 10.2 Å². The van der Waals surface area contributed by atoms with E-state index < -0.39 is 6.10 Å². The Morgan fingerprint density at radius 2 is 1.93 bits per heavy atom. The Labute approximate surface area is 83.6 Å². The third-order valence-electron chi connectivity index (χ3n) is 1.94. The van der Waals surface area contributed by atoms with Gasteiger partial charge in [0.15, 0.2) is 0 Å². The van der Waals surface area contributed by atoms with Crippen molar-refractivity contribution in [2.75, 3.05) is 30.8 Å². The first-order valence-corrected chi connectivity index (χ1v) is 4.57. The largest absolute Gasteiger partial charge is 0.394 e. The van der Waals surface area contributed by atoms with Gasteiger partial charge in [-0.1, -0.05) is 12.1 Å². The summed E-state index contributed by atoms with van der Waals surface area (Å²) < 4.78 is 0. The molecule has 78 valence electrons. The highest BCUT2D eigenvalue weighted by atomic mass is 16.3. The van der Waals surface area contributed by atoms with Crippen LogP contribution in [0.5, 0.6) is 0 Å². The Morgan fingerprint density at radius 1 is 1.29 bits per heavy atom. The first-order chi connectivity index (χ1) is 6.77. The molecule has 0 heterocycles. The van der Waals surface area contributed by atoms with Gasteiger partial charge in [-0.05, 0) is 12.1 Å². The first-order valence-electron chi connectivity index (χ1n) is 4.57. The van der Waals surface area contributed by atoms with Gasteiger partial charge in [-0.2, -0.15) is 0 Å². The zero-order chi connectivity index (χ0) is 10.4. The minimum absolute atomic E-state index is 0.227. The molecule has 4 nitrogen and oxygen atoms in total. The molecular weight excluding hydrogens is 180 g/mol. The fraction of sp³-hybridized carbons (Fsp3) is 0.400. The van der Waals surface area contributed by atoms with E-state index in [-0.39, 0.29) is 6.61 Å². The van der Waals surface area contributed by atoms with Crippen LogP contribution in [-0.4, -0.2) is 36.5 Å². The summed E-state index contributed by atoms with van der Waals surface area (Å²) in [4.78, 5) is 0. The third-order valence-corrected chi connectivity index (χ3v) is 1.94. The number of hydrogen-bond acceptors (Lipinski definition) is 4. The second-order valence-electron chi connectivity index (χ2n) is 3.01. The van der Waals surface area contributed by atoms with Crippen LogP contribution in [0.3, 0.4) is 0 Å². The van der Waals surface area contributed by atoms with Gasteiger partial charge in [0.25, 0.3) is 0 Å². The Hall–Kier alpha value is -1.26. The Balaban J connectivity index is 2.57. The van der Waals surface area contributed by atoms with E-state index in [9.17, 15) is 0 Å². The van der Waals surface area contributed by atoms with Crippen molar-refractivity contribution in [3.05, 3.63) is 24.3 Å². The van der Waals surface area contributed by atoms with Crippen molar-refractivity contribution < 1.29 is 10.2 Å². The minimum Gasteiger partial charge on any atom is -0.394 e. The van der Waals surface area contributed by atoms with Crippen LogP contribution in [0.4, 0.5) is 11.4 Å². The highest BCUT2D eigenvalue weighted by Gasteiger charge is 2.03. The van der Waals surface area contributed by atoms with Crippen LogP contribution in [0.2, 0.25) is 0 Å². The lowest BCUT2D eigenvalue weighted by molar-refractivity contribution is 0.105. The number of rotatable bonds is 5. The molecule has 0 aliphatic heterocycles. The van der Waals surface area contributed by atoms with Crippen molar-refractivity contribution in [2.45, 2.75) is 6.10 Å². The van der Waals surface area contributed by atoms with E-state index in [1.807, 2.05) is 31.3 Å². The molecular formula is C10H16N2O2. The van der Waals surface area contributed by atoms with Gasteiger partial charge in [0.2, 0.25) is 0 Å². The predicted octanol–water partition coefficient (Wildman–Crippen LogP) is 0.493. The van der Waals surface area contributed by atoms with Gasteiger partial charge in [0.05, 0.1) is 24.1 Å². The average molecular weight is 196 g/mol. The summed E-state index contributed by atoms with van der Waals surface area (Å²) in [5.74, 6) is 0. The molecule has 1 atom stereocenters. The maximum absolute atomic E-state index is 9.15. The normalized spacial score (nSPS) is 12.2. The number of anilines is 2. The molecule has 4 N–H and O–H groups in total. The van der Waals surface area contributed by atoms with Gasteiger partial charge in [-0.25, -0.2) is 0 Å². The van der Waals surface area contributed by atoms with Crippen molar-refractivity contribution in [3.8, 4) is 0 Å². The number of aliphatic hydroxyl groups excluding tert-OH is 2. The molecule has 0 fully saturated rings. The fourth-order valence-corrected chi connectivity index (χ4v) is 1.15. The Bertz CT molecular complexity index is 279. The van der Waals surface area contributed by atoms with Crippen molar-refractivity contribution in [3.63, 3.8) is 0 Å². The van der Waals surface area contributed by atoms with Gasteiger partial charge in [0, 0.05) is 13.6 Å². The highest BCUT2D eigenvalue weighted by Crippen LogP contribution is 2.19. The second-order valence-corrected chi connectivity index (χ2v) is 3.01. The second kappa shape index (κ2) is 5.47. The van der Waals surface area contributed by atoms with Gasteiger partial charge < -0.3 is 20.8 Å². The van der Waals surface area contributed by atoms with E-state index >= 15 is 0 Å². The molecule has 1 unspecified atom stereocenters. The van der Waals surface area contributed by atoms with Crippen LogP contribution >= 0.6 is 0 Å². The molecule has 4 heteroatoms. The quantitative estimate of drug-likeness (QED) is 0.553. The van der Waals surface area contributed by atoms with Crippen molar-refractivity contribution in [1.29, 1.82) is 0 Å². The lowest BCUT2D eigenvalue weighted by Crippen LogP contribution is -2.23. The van der Waals surface area contributed by atoms with E-state index in [1.165, 1.54) is 0 Å². The van der Waals surface area contributed by atoms with Crippen LogP contribution in [0.25, 0.3) is 0 Å². The zero-order valence-corrected chi connectivity index (χ0v) is 8.20. The third kappa shape index (κ3) is 2.90. The standard InChI is InChI=1S/C10H16N2O2/c1-11-9-4-2-3-5-10(9)12-6-8(14)7-13/h2-5,8,11-14H,6-7H2,1H3. The summed E-state index contributed by atoms with van der Waals surface area (Å²) in [5.41, 5.74) is 1.89. The number of aliphatic hydroxyl groups is 2. The lowest BCUT2D eigenvalue weighted by Gasteiger charge is -2.13. The predicted molar refractivity (Wildman–Crippen MR) is 57.6 cm³/mol. The summed E-state index contributed by atoms with van der Waals surface area (Å²) in [6.45, 7) is 0.115. The van der Waals surface area contributed by atoms with Crippen molar-refractivity contribution >= 4 is 11.4 Å². The molecule has 1 aromatic carbocycles. The monoisotopic (exact) mass is 196 g/mol.